The van der Waals surface area contributed by atoms with Crippen molar-refractivity contribution in [3.05, 3.63) is 0 Å². The van der Waals surface area contributed by atoms with Gasteiger partial charge < -0.3 is 15.1 Å². The zero-order valence-electron chi connectivity index (χ0n) is 10.4. The number of nitrogens with zero attached hydrogens (tertiary/aromatic N) is 2. The van der Waals surface area contributed by atoms with Crippen molar-refractivity contribution in [1.82, 2.24) is 15.1 Å². The monoisotopic (exact) mass is 211 g/mol. The SMILES string of the molecule is CC(CNC1CN2CCC1CC2)N(C)C. The second kappa shape index (κ2) is 4.81. The van der Waals surface area contributed by atoms with Gasteiger partial charge >= 0.3 is 0 Å². The van der Waals surface area contributed by atoms with Gasteiger partial charge in [-0.15, -0.1) is 0 Å². The first kappa shape index (κ1) is 11.4. The third-order valence-corrected chi connectivity index (χ3v) is 4.21. The van der Waals surface area contributed by atoms with Gasteiger partial charge in [0.15, 0.2) is 0 Å². The fraction of sp³-hybridized carbons (Fsp3) is 1.00. The second-order valence-corrected chi connectivity index (χ2v) is 5.47. The zero-order chi connectivity index (χ0) is 10.8. The Morgan fingerprint density at radius 1 is 1.33 bits per heavy atom. The summed E-state index contributed by atoms with van der Waals surface area (Å²) < 4.78 is 0. The number of nitrogens with one attached hydrogen (secondary N) is 1. The number of piperidine rings is 3. The van der Waals surface area contributed by atoms with Crippen LogP contribution in [0, 0.1) is 5.92 Å². The van der Waals surface area contributed by atoms with Gasteiger partial charge in [0.25, 0.3) is 0 Å². The topological polar surface area (TPSA) is 18.5 Å². The molecule has 3 heteroatoms. The molecule has 2 bridgehead atoms. The standard InChI is InChI=1S/C12H25N3/c1-10(14(2)3)8-13-12-9-15-6-4-11(12)5-7-15/h10-13H,4-9H2,1-3H3. The Balaban J connectivity index is 1.75. The maximum Gasteiger partial charge on any atom is 0.0224 e. The molecular weight excluding hydrogens is 186 g/mol. The maximum absolute atomic E-state index is 3.75. The minimum atomic E-state index is 0.639. The van der Waals surface area contributed by atoms with Gasteiger partial charge in [-0.05, 0) is 52.9 Å². The van der Waals surface area contributed by atoms with E-state index in [-0.39, 0.29) is 0 Å². The molecule has 0 aromatic heterocycles. The molecule has 15 heavy (non-hydrogen) atoms. The van der Waals surface area contributed by atoms with Crippen molar-refractivity contribution in [2.24, 2.45) is 5.92 Å². The molecule has 0 spiro atoms. The van der Waals surface area contributed by atoms with E-state index in [9.17, 15) is 0 Å². The number of hydrogen-bond donors (Lipinski definition) is 1. The third-order valence-electron chi connectivity index (χ3n) is 4.21. The Morgan fingerprint density at radius 3 is 2.47 bits per heavy atom. The van der Waals surface area contributed by atoms with E-state index in [1.165, 1.54) is 32.5 Å². The lowest BCUT2D eigenvalue weighted by Crippen LogP contribution is -2.57. The van der Waals surface area contributed by atoms with Crippen molar-refractivity contribution in [3.8, 4) is 0 Å². The van der Waals surface area contributed by atoms with Crippen LogP contribution < -0.4 is 5.32 Å². The summed E-state index contributed by atoms with van der Waals surface area (Å²) in [6.07, 6.45) is 2.82. The summed E-state index contributed by atoms with van der Waals surface area (Å²) in [5.74, 6) is 0.948. The first-order valence-electron chi connectivity index (χ1n) is 6.29. The highest BCUT2D eigenvalue weighted by Crippen LogP contribution is 2.27. The van der Waals surface area contributed by atoms with Crippen LogP contribution in [0.1, 0.15) is 19.8 Å². The van der Waals surface area contributed by atoms with E-state index in [0.29, 0.717) is 6.04 Å². The first-order valence-corrected chi connectivity index (χ1v) is 6.29. The van der Waals surface area contributed by atoms with Crippen molar-refractivity contribution in [2.75, 3.05) is 40.3 Å². The van der Waals surface area contributed by atoms with E-state index < -0.39 is 0 Å². The summed E-state index contributed by atoms with van der Waals surface area (Å²) >= 11 is 0. The molecule has 3 nitrogen and oxygen atoms in total. The van der Waals surface area contributed by atoms with E-state index in [1.54, 1.807) is 0 Å². The van der Waals surface area contributed by atoms with E-state index in [4.69, 9.17) is 0 Å². The fourth-order valence-corrected chi connectivity index (χ4v) is 2.70. The van der Waals surface area contributed by atoms with Crippen molar-refractivity contribution >= 4 is 0 Å². The van der Waals surface area contributed by atoms with Crippen LogP contribution in [0.3, 0.4) is 0 Å². The Morgan fingerprint density at radius 2 is 2.00 bits per heavy atom. The quantitative estimate of drug-likeness (QED) is 0.735. The number of likely N-dealkylation sites (N-methyl/N-ethyl adjacent to an activating group) is 1. The molecule has 3 aliphatic rings. The molecule has 88 valence electrons. The molecular formula is C12H25N3. The molecule has 2 atom stereocenters. The Labute approximate surface area is 93.8 Å². The molecule has 0 aromatic carbocycles. The lowest BCUT2D eigenvalue weighted by Gasteiger charge is -2.45. The summed E-state index contributed by atoms with van der Waals surface area (Å²) in [6, 6.07) is 1.40. The van der Waals surface area contributed by atoms with Gasteiger partial charge in [-0.1, -0.05) is 0 Å². The molecule has 3 rings (SSSR count). The maximum atomic E-state index is 3.75. The molecule has 3 heterocycles. The Hall–Kier alpha value is -0.120. The average molecular weight is 211 g/mol. The zero-order valence-corrected chi connectivity index (χ0v) is 10.4. The molecule has 3 aliphatic heterocycles. The second-order valence-electron chi connectivity index (χ2n) is 5.47. The van der Waals surface area contributed by atoms with Crippen LogP contribution in [0.25, 0.3) is 0 Å². The summed E-state index contributed by atoms with van der Waals surface area (Å²) in [5, 5.41) is 3.75. The molecule has 3 fully saturated rings. The summed E-state index contributed by atoms with van der Waals surface area (Å²) in [7, 11) is 4.31. The van der Waals surface area contributed by atoms with Crippen LogP contribution in [0.2, 0.25) is 0 Å². The third kappa shape index (κ3) is 2.71. The van der Waals surface area contributed by atoms with Crippen LogP contribution in [-0.2, 0) is 0 Å². The van der Waals surface area contributed by atoms with Crippen molar-refractivity contribution in [3.63, 3.8) is 0 Å². The largest absolute Gasteiger partial charge is 0.311 e. The molecule has 0 radical (unpaired) electrons. The van der Waals surface area contributed by atoms with Gasteiger partial charge in [0, 0.05) is 25.2 Å². The predicted molar refractivity (Wildman–Crippen MR) is 64.1 cm³/mol. The van der Waals surface area contributed by atoms with Crippen molar-refractivity contribution < 1.29 is 0 Å². The molecule has 1 N–H and O–H groups in total. The van der Waals surface area contributed by atoms with Crippen LogP contribution in [-0.4, -0.2) is 62.2 Å². The van der Waals surface area contributed by atoms with Gasteiger partial charge in [-0.2, -0.15) is 0 Å². The lowest BCUT2D eigenvalue weighted by atomic mass is 9.84. The highest BCUT2D eigenvalue weighted by Gasteiger charge is 2.33. The van der Waals surface area contributed by atoms with Crippen LogP contribution in [0.5, 0.6) is 0 Å². The molecule has 0 amide bonds. The highest BCUT2D eigenvalue weighted by molar-refractivity contribution is 4.91. The molecule has 0 saturated carbocycles. The molecule has 0 aromatic rings. The first-order chi connectivity index (χ1) is 7.16. The molecule has 2 unspecified atom stereocenters. The van der Waals surface area contributed by atoms with Gasteiger partial charge in [0.05, 0.1) is 0 Å². The Kier molecular flexibility index (Phi) is 3.65. The normalized spacial score (nSPS) is 37.2. The van der Waals surface area contributed by atoms with Gasteiger partial charge in [0.1, 0.15) is 0 Å². The molecule has 3 saturated heterocycles. The number of fused-ring (bicyclic) bond motifs is 3. The van der Waals surface area contributed by atoms with E-state index in [2.05, 4.69) is 36.1 Å². The van der Waals surface area contributed by atoms with Crippen LogP contribution in [0.4, 0.5) is 0 Å². The van der Waals surface area contributed by atoms with Gasteiger partial charge in [-0.3, -0.25) is 0 Å². The number of hydrogen-bond acceptors (Lipinski definition) is 3. The average Bonchev–Trinajstić information content (AvgIpc) is 2.27. The fourth-order valence-electron chi connectivity index (χ4n) is 2.70. The summed E-state index contributed by atoms with van der Waals surface area (Å²) in [4.78, 5) is 4.90. The van der Waals surface area contributed by atoms with Crippen LogP contribution in [0.15, 0.2) is 0 Å². The van der Waals surface area contributed by atoms with Crippen molar-refractivity contribution in [1.29, 1.82) is 0 Å². The minimum Gasteiger partial charge on any atom is -0.311 e. The van der Waals surface area contributed by atoms with Gasteiger partial charge in [0.2, 0.25) is 0 Å². The predicted octanol–water partition coefficient (Wildman–Crippen LogP) is 0.620. The van der Waals surface area contributed by atoms with Gasteiger partial charge in [-0.25, -0.2) is 0 Å². The highest BCUT2D eigenvalue weighted by atomic mass is 15.2. The van der Waals surface area contributed by atoms with Crippen LogP contribution >= 0.6 is 0 Å². The molecule has 0 aliphatic carbocycles. The van der Waals surface area contributed by atoms with E-state index in [1.807, 2.05) is 0 Å². The summed E-state index contributed by atoms with van der Waals surface area (Å²) in [6.45, 7) is 7.37. The van der Waals surface area contributed by atoms with E-state index >= 15 is 0 Å². The lowest BCUT2D eigenvalue weighted by molar-refractivity contribution is 0.0699. The summed E-state index contributed by atoms with van der Waals surface area (Å²) in [5.41, 5.74) is 0. The number of rotatable bonds is 4. The Bertz CT molecular complexity index is 197. The smallest absolute Gasteiger partial charge is 0.0224 e. The van der Waals surface area contributed by atoms with E-state index in [0.717, 1.165) is 18.5 Å². The minimum absolute atomic E-state index is 0.639. The van der Waals surface area contributed by atoms with Crippen molar-refractivity contribution in [2.45, 2.75) is 31.8 Å².